The zero-order valence-electron chi connectivity index (χ0n) is 12.9. The molecule has 0 atom stereocenters. The molecular formula is C16H25FN2O2. The van der Waals surface area contributed by atoms with Gasteiger partial charge in [-0.25, -0.2) is 4.39 Å². The van der Waals surface area contributed by atoms with Gasteiger partial charge in [0.15, 0.2) is 0 Å². The summed E-state index contributed by atoms with van der Waals surface area (Å²) in [5, 5.41) is 13.2. The standard InChI is InChI=1S/C16H25FN2O2/c1-16(20)6-9-19(10-7-16)15-5-3-4-14(17)13(15)12-18-8-11-21-2/h3-5,18,20H,6-12H2,1-2H3. The molecule has 0 radical (unpaired) electrons. The van der Waals surface area contributed by atoms with Crippen molar-refractivity contribution in [2.45, 2.75) is 31.9 Å². The van der Waals surface area contributed by atoms with Crippen LogP contribution in [0.15, 0.2) is 18.2 Å². The maximum absolute atomic E-state index is 14.1. The van der Waals surface area contributed by atoms with E-state index in [1.54, 1.807) is 13.2 Å². The van der Waals surface area contributed by atoms with Crippen LogP contribution in [0.25, 0.3) is 0 Å². The second kappa shape index (κ2) is 7.20. The smallest absolute Gasteiger partial charge is 0.129 e. The van der Waals surface area contributed by atoms with Crippen LogP contribution in [-0.4, -0.2) is 44.1 Å². The van der Waals surface area contributed by atoms with Crippen LogP contribution >= 0.6 is 0 Å². The molecule has 0 aliphatic carbocycles. The third-order valence-electron chi connectivity index (χ3n) is 4.06. The normalized spacial score (nSPS) is 18.0. The number of rotatable bonds is 6. The number of hydrogen-bond donors (Lipinski definition) is 2. The van der Waals surface area contributed by atoms with Crippen LogP contribution in [0.2, 0.25) is 0 Å². The fourth-order valence-corrected chi connectivity index (χ4v) is 2.64. The van der Waals surface area contributed by atoms with Crippen molar-refractivity contribution >= 4 is 5.69 Å². The van der Waals surface area contributed by atoms with E-state index in [0.717, 1.165) is 18.8 Å². The Bertz CT molecular complexity index is 456. The first-order chi connectivity index (χ1) is 10.0. The van der Waals surface area contributed by atoms with Crippen molar-refractivity contribution in [2.24, 2.45) is 0 Å². The van der Waals surface area contributed by atoms with Crippen LogP contribution in [0.4, 0.5) is 10.1 Å². The van der Waals surface area contributed by atoms with Crippen molar-refractivity contribution in [3.63, 3.8) is 0 Å². The summed E-state index contributed by atoms with van der Waals surface area (Å²) in [4.78, 5) is 2.16. The highest BCUT2D eigenvalue weighted by Crippen LogP contribution is 2.29. The molecule has 2 N–H and O–H groups in total. The van der Waals surface area contributed by atoms with Gasteiger partial charge in [0, 0.05) is 44.5 Å². The summed E-state index contributed by atoms with van der Waals surface area (Å²) in [6, 6.07) is 5.20. The van der Waals surface area contributed by atoms with Crippen LogP contribution in [0.1, 0.15) is 25.3 Å². The number of methoxy groups -OCH3 is 1. The molecule has 21 heavy (non-hydrogen) atoms. The van der Waals surface area contributed by atoms with Crippen LogP contribution in [0.3, 0.4) is 0 Å². The van der Waals surface area contributed by atoms with Crippen LogP contribution in [0, 0.1) is 5.82 Å². The Labute approximate surface area is 125 Å². The van der Waals surface area contributed by atoms with Crippen LogP contribution in [0.5, 0.6) is 0 Å². The van der Waals surface area contributed by atoms with Gasteiger partial charge in [-0.15, -0.1) is 0 Å². The predicted octanol–water partition coefficient (Wildman–Crippen LogP) is 1.91. The number of halogens is 1. The maximum atomic E-state index is 14.1. The minimum atomic E-state index is -0.597. The highest BCUT2D eigenvalue weighted by Gasteiger charge is 2.28. The van der Waals surface area contributed by atoms with E-state index in [0.29, 0.717) is 38.1 Å². The molecule has 0 unspecified atom stereocenters. The number of nitrogens with zero attached hydrogens (tertiary/aromatic N) is 1. The van der Waals surface area contributed by atoms with Gasteiger partial charge in [-0.1, -0.05) is 6.07 Å². The molecular weight excluding hydrogens is 271 g/mol. The first-order valence-electron chi connectivity index (χ1n) is 7.48. The average molecular weight is 296 g/mol. The van der Waals surface area contributed by atoms with Gasteiger partial charge in [0.1, 0.15) is 5.82 Å². The number of anilines is 1. The SMILES string of the molecule is COCCNCc1c(F)cccc1N1CCC(C)(O)CC1. The Morgan fingerprint density at radius 1 is 1.38 bits per heavy atom. The molecule has 1 aliphatic heterocycles. The molecule has 4 nitrogen and oxygen atoms in total. The van der Waals surface area contributed by atoms with E-state index in [1.165, 1.54) is 6.07 Å². The molecule has 118 valence electrons. The maximum Gasteiger partial charge on any atom is 0.129 e. The van der Waals surface area contributed by atoms with E-state index in [9.17, 15) is 9.50 Å². The Balaban J connectivity index is 2.06. The van der Waals surface area contributed by atoms with Gasteiger partial charge in [0.05, 0.1) is 12.2 Å². The van der Waals surface area contributed by atoms with Gasteiger partial charge in [-0.05, 0) is 31.9 Å². The molecule has 0 saturated carbocycles. The third kappa shape index (κ3) is 4.40. The number of hydrogen-bond acceptors (Lipinski definition) is 4. The summed E-state index contributed by atoms with van der Waals surface area (Å²) in [6.07, 6.45) is 1.42. The minimum Gasteiger partial charge on any atom is -0.390 e. The lowest BCUT2D eigenvalue weighted by Crippen LogP contribution is -2.43. The number of benzene rings is 1. The van der Waals surface area contributed by atoms with Gasteiger partial charge in [-0.3, -0.25) is 0 Å². The van der Waals surface area contributed by atoms with Gasteiger partial charge >= 0.3 is 0 Å². The van der Waals surface area contributed by atoms with E-state index >= 15 is 0 Å². The first kappa shape index (κ1) is 16.2. The monoisotopic (exact) mass is 296 g/mol. The molecule has 5 heteroatoms. The Kier molecular flexibility index (Phi) is 5.56. The van der Waals surface area contributed by atoms with Crippen molar-refractivity contribution in [3.05, 3.63) is 29.6 Å². The molecule has 0 bridgehead atoms. The second-order valence-corrected chi connectivity index (χ2v) is 5.89. The minimum absolute atomic E-state index is 0.185. The largest absolute Gasteiger partial charge is 0.390 e. The van der Waals surface area contributed by atoms with Crippen molar-refractivity contribution in [2.75, 3.05) is 38.3 Å². The third-order valence-corrected chi connectivity index (χ3v) is 4.06. The summed E-state index contributed by atoms with van der Waals surface area (Å²) in [5.41, 5.74) is 1.02. The molecule has 1 heterocycles. The van der Waals surface area contributed by atoms with E-state index in [1.807, 2.05) is 13.0 Å². The van der Waals surface area contributed by atoms with Crippen molar-refractivity contribution < 1.29 is 14.2 Å². The Morgan fingerprint density at radius 3 is 2.76 bits per heavy atom. The van der Waals surface area contributed by atoms with Crippen molar-refractivity contribution in [1.82, 2.24) is 5.32 Å². The lowest BCUT2D eigenvalue weighted by molar-refractivity contribution is 0.0351. The molecule has 1 fully saturated rings. The van der Waals surface area contributed by atoms with Crippen LogP contribution < -0.4 is 10.2 Å². The molecule has 0 spiro atoms. The lowest BCUT2D eigenvalue weighted by Gasteiger charge is -2.38. The fourth-order valence-electron chi connectivity index (χ4n) is 2.64. The molecule has 1 aromatic carbocycles. The summed E-state index contributed by atoms with van der Waals surface area (Å²) in [5.74, 6) is -0.185. The molecule has 2 rings (SSSR count). The van der Waals surface area contributed by atoms with E-state index in [4.69, 9.17) is 4.74 Å². The molecule has 0 aromatic heterocycles. The fraction of sp³-hybridized carbons (Fsp3) is 0.625. The Hall–Kier alpha value is -1.17. The molecule has 0 amide bonds. The van der Waals surface area contributed by atoms with Gasteiger partial charge in [0.25, 0.3) is 0 Å². The zero-order valence-corrected chi connectivity index (χ0v) is 12.9. The Morgan fingerprint density at radius 2 is 2.10 bits per heavy atom. The zero-order chi connectivity index (χ0) is 15.3. The summed E-state index contributed by atoms with van der Waals surface area (Å²) >= 11 is 0. The summed E-state index contributed by atoms with van der Waals surface area (Å²) in [7, 11) is 1.65. The first-order valence-corrected chi connectivity index (χ1v) is 7.48. The van der Waals surface area contributed by atoms with Crippen LogP contribution in [-0.2, 0) is 11.3 Å². The summed E-state index contributed by atoms with van der Waals surface area (Å²) in [6.45, 7) is 5.15. The quantitative estimate of drug-likeness (QED) is 0.787. The number of piperidine rings is 1. The molecule has 1 aliphatic rings. The van der Waals surface area contributed by atoms with E-state index in [2.05, 4.69) is 10.2 Å². The van der Waals surface area contributed by atoms with Crippen molar-refractivity contribution in [3.8, 4) is 0 Å². The predicted molar refractivity (Wildman–Crippen MR) is 82.1 cm³/mol. The van der Waals surface area contributed by atoms with E-state index in [-0.39, 0.29) is 5.82 Å². The number of aliphatic hydroxyl groups is 1. The average Bonchev–Trinajstić information content (AvgIpc) is 2.45. The number of ether oxygens (including phenoxy) is 1. The highest BCUT2D eigenvalue weighted by atomic mass is 19.1. The topological polar surface area (TPSA) is 44.7 Å². The molecule has 1 aromatic rings. The molecule has 1 saturated heterocycles. The van der Waals surface area contributed by atoms with Gasteiger partial charge in [-0.2, -0.15) is 0 Å². The lowest BCUT2D eigenvalue weighted by atomic mass is 9.93. The second-order valence-electron chi connectivity index (χ2n) is 5.89. The van der Waals surface area contributed by atoms with Gasteiger partial charge < -0.3 is 20.1 Å². The van der Waals surface area contributed by atoms with E-state index < -0.39 is 5.60 Å². The van der Waals surface area contributed by atoms with Gasteiger partial charge in [0.2, 0.25) is 0 Å². The number of nitrogens with one attached hydrogen (secondary N) is 1. The summed E-state index contributed by atoms with van der Waals surface area (Å²) < 4.78 is 19.1. The van der Waals surface area contributed by atoms with Crippen molar-refractivity contribution in [1.29, 1.82) is 0 Å². The highest BCUT2D eigenvalue weighted by molar-refractivity contribution is 5.54.